The van der Waals surface area contributed by atoms with Crippen LogP contribution in [0.5, 0.6) is 11.5 Å². The molecular formula is C20H20N4O5. The van der Waals surface area contributed by atoms with Crippen molar-refractivity contribution in [3.63, 3.8) is 0 Å². The second kappa shape index (κ2) is 7.78. The van der Waals surface area contributed by atoms with E-state index < -0.39 is 18.0 Å². The van der Waals surface area contributed by atoms with Gasteiger partial charge in [-0.2, -0.15) is 0 Å². The van der Waals surface area contributed by atoms with Gasteiger partial charge in [-0.15, -0.1) is 5.10 Å². The maximum atomic E-state index is 12.4. The minimum absolute atomic E-state index is 0.305. The first-order chi connectivity index (χ1) is 14.0. The minimum atomic E-state index is -0.988. The number of anilines is 1. The molecule has 4 rings (SSSR count). The van der Waals surface area contributed by atoms with Gasteiger partial charge in [0, 0.05) is 18.3 Å². The Balaban J connectivity index is 1.41. The predicted molar refractivity (Wildman–Crippen MR) is 104 cm³/mol. The van der Waals surface area contributed by atoms with Gasteiger partial charge in [-0.3, -0.25) is 4.79 Å². The summed E-state index contributed by atoms with van der Waals surface area (Å²) in [5.41, 5.74) is 2.25. The van der Waals surface area contributed by atoms with E-state index in [1.165, 1.54) is 6.92 Å². The van der Waals surface area contributed by atoms with Crippen molar-refractivity contribution in [2.75, 3.05) is 18.5 Å². The molecule has 1 aliphatic heterocycles. The van der Waals surface area contributed by atoms with Crippen molar-refractivity contribution in [2.24, 2.45) is 0 Å². The molecule has 1 aromatic heterocycles. The summed E-state index contributed by atoms with van der Waals surface area (Å²) in [7, 11) is 0. The number of hydrogen-bond donors (Lipinski definition) is 1. The molecule has 1 N–H and O–H groups in total. The Morgan fingerprint density at radius 1 is 1.17 bits per heavy atom. The Morgan fingerprint density at radius 3 is 2.76 bits per heavy atom. The molecule has 0 aliphatic carbocycles. The fraction of sp³-hybridized carbons (Fsp3) is 0.300. The van der Waals surface area contributed by atoms with E-state index in [9.17, 15) is 9.59 Å². The molecule has 29 heavy (non-hydrogen) atoms. The van der Waals surface area contributed by atoms with E-state index in [-0.39, 0.29) is 0 Å². The standard InChI is InChI=1S/C20H20N4O5/c1-3-24-16-6-4-13(10-15(16)22-23-24)20(26)29-12(2)19(25)21-14-5-7-17-18(11-14)28-9-8-27-17/h4-7,10-12H,3,8-9H2,1-2H3,(H,21,25)/t12-/m0/s1. The number of aryl methyl sites for hydroxylation is 1. The Morgan fingerprint density at radius 2 is 1.97 bits per heavy atom. The number of nitrogens with one attached hydrogen (secondary N) is 1. The fourth-order valence-corrected chi connectivity index (χ4v) is 2.98. The van der Waals surface area contributed by atoms with Crippen LogP contribution >= 0.6 is 0 Å². The van der Waals surface area contributed by atoms with Crippen molar-refractivity contribution in [3.8, 4) is 11.5 Å². The summed E-state index contributed by atoms with van der Waals surface area (Å²) < 4.78 is 18.0. The van der Waals surface area contributed by atoms with Crippen LogP contribution in [-0.2, 0) is 16.1 Å². The second-order valence-corrected chi connectivity index (χ2v) is 6.50. The molecule has 3 aromatic rings. The minimum Gasteiger partial charge on any atom is -0.486 e. The molecule has 9 nitrogen and oxygen atoms in total. The molecule has 1 aliphatic rings. The van der Waals surface area contributed by atoms with Gasteiger partial charge in [-0.05, 0) is 44.2 Å². The van der Waals surface area contributed by atoms with Gasteiger partial charge in [0.15, 0.2) is 17.6 Å². The average Bonchev–Trinajstić information content (AvgIpc) is 3.15. The van der Waals surface area contributed by atoms with E-state index in [2.05, 4.69) is 15.6 Å². The van der Waals surface area contributed by atoms with Crippen LogP contribution < -0.4 is 14.8 Å². The molecule has 150 valence electrons. The Hall–Kier alpha value is -3.62. The molecule has 1 atom stereocenters. The monoisotopic (exact) mass is 396 g/mol. The molecule has 0 saturated carbocycles. The van der Waals surface area contributed by atoms with Crippen LogP contribution in [0.25, 0.3) is 11.0 Å². The third-order valence-corrected chi connectivity index (χ3v) is 4.51. The van der Waals surface area contributed by atoms with Crippen LogP contribution in [0.2, 0.25) is 0 Å². The number of ether oxygens (including phenoxy) is 3. The van der Waals surface area contributed by atoms with Crippen molar-refractivity contribution in [3.05, 3.63) is 42.0 Å². The van der Waals surface area contributed by atoms with E-state index in [1.807, 2.05) is 6.92 Å². The third kappa shape index (κ3) is 3.84. The Kier molecular flexibility index (Phi) is 5.03. The number of nitrogens with zero attached hydrogens (tertiary/aromatic N) is 3. The van der Waals surface area contributed by atoms with Crippen LogP contribution in [0.3, 0.4) is 0 Å². The van der Waals surface area contributed by atoms with E-state index in [0.29, 0.717) is 48.0 Å². The number of benzene rings is 2. The first kappa shape index (κ1) is 18.7. The van der Waals surface area contributed by atoms with E-state index in [1.54, 1.807) is 41.1 Å². The summed E-state index contributed by atoms with van der Waals surface area (Å²) in [6.45, 7) is 5.09. The lowest BCUT2D eigenvalue weighted by Crippen LogP contribution is -2.30. The number of esters is 1. The number of rotatable bonds is 5. The van der Waals surface area contributed by atoms with Crippen molar-refractivity contribution in [1.29, 1.82) is 0 Å². The number of carbonyl (C=O) groups excluding carboxylic acids is 2. The van der Waals surface area contributed by atoms with Gasteiger partial charge >= 0.3 is 5.97 Å². The average molecular weight is 396 g/mol. The summed E-state index contributed by atoms with van der Waals surface area (Å²) in [6.07, 6.45) is -0.988. The predicted octanol–water partition coefficient (Wildman–Crippen LogP) is 2.41. The zero-order chi connectivity index (χ0) is 20.4. The molecule has 9 heteroatoms. The molecule has 1 amide bonds. The fourth-order valence-electron chi connectivity index (χ4n) is 2.98. The number of hydrogen-bond acceptors (Lipinski definition) is 7. The van der Waals surface area contributed by atoms with E-state index in [4.69, 9.17) is 14.2 Å². The molecule has 2 aromatic carbocycles. The van der Waals surface area contributed by atoms with Gasteiger partial charge in [0.1, 0.15) is 18.7 Å². The zero-order valence-corrected chi connectivity index (χ0v) is 16.0. The zero-order valence-electron chi connectivity index (χ0n) is 16.0. The van der Waals surface area contributed by atoms with E-state index in [0.717, 1.165) is 5.52 Å². The molecule has 0 fully saturated rings. The Labute approximate surface area is 166 Å². The highest BCUT2D eigenvalue weighted by atomic mass is 16.6. The topological polar surface area (TPSA) is 105 Å². The van der Waals surface area contributed by atoms with Gasteiger partial charge in [0.25, 0.3) is 5.91 Å². The van der Waals surface area contributed by atoms with E-state index >= 15 is 0 Å². The van der Waals surface area contributed by atoms with Crippen LogP contribution in [-0.4, -0.2) is 46.2 Å². The molecule has 0 radical (unpaired) electrons. The van der Waals surface area contributed by atoms with Crippen LogP contribution in [0.4, 0.5) is 5.69 Å². The Bertz CT molecular complexity index is 1080. The smallest absolute Gasteiger partial charge is 0.338 e. The number of aromatic nitrogens is 3. The molecule has 0 saturated heterocycles. The van der Waals surface area contributed by atoms with Crippen molar-refractivity contribution >= 4 is 28.6 Å². The molecule has 2 heterocycles. The lowest BCUT2D eigenvalue weighted by Gasteiger charge is -2.19. The van der Waals surface area contributed by atoms with Gasteiger partial charge in [0.2, 0.25) is 0 Å². The lowest BCUT2D eigenvalue weighted by atomic mass is 10.2. The largest absolute Gasteiger partial charge is 0.486 e. The SMILES string of the molecule is CCn1nnc2cc(C(=O)O[C@@H](C)C(=O)Nc3ccc4c(c3)OCCO4)ccc21. The molecule has 0 unspecified atom stereocenters. The summed E-state index contributed by atoms with van der Waals surface area (Å²) in [5, 5.41) is 10.8. The molecule has 0 bridgehead atoms. The first-order valence-electron chi connectivity index (χ1n) is 9.30. The highest BCUT2D eigenvalue weighted by Crippen LogP contribution is 2.32. The van der Waals surface area contributed by atoms with Gasteiger partial charge in [-0.1, -0.05) is 5.21 Å². The van der Waals surface area contributed by atoms with Crippen LogP contribution in [0.1, 0.15) is 24.2 Å². The highest BCUT2D eigenvalue weighted by Gasteiger charge is 2.21. The second-order valence-electron chi connectivity index (χ2n) is 6.50. The lowest BCUT2D eigenvalue weighted by molar-refractivity contribution is -0.123. The van der Waals surface area contributed by atoms with Gasteiger partial charge < -0.3 is 19.5 Å². The van der Waals surface area contributed by atoms with Crippen molar-refractivity contribution < 1.29 is 23.8 Å². The molecular weight excluding hydrogens is 376 g/mol. The van der Waals surface area contributed by atoms with Crippen LogP contribution in [0, 0.1) is 0 Å². The van der Waals surface area contributed by atoms with Gasteiger partial charge in [-0.25, -0.2) is 9.48 Å². The maximum absolute atomic E-state index is 12.4. The quantitative estimate of drug-likeness (QED) is 0.660. The first-order valence-corrected chi connectivity index (χ1v) is 9.30. The van der Waals surface area contributed by atoms with Crippen molar-refractivity contribution in [2.45, 2.75) is 26.5 Å². The summed E-state index contributed by atoms with van der Waals surface area (Å²) in [6, 6.07) is 10.1. The van der Waals surface area contributed by atoms with Crippen molar-refractivity contribution in [1.82, 2.24) is 15.0 Å². The van der Waals surface area contributed by atoms with Gasteiger partial charge in [0.05, 0.1) is 11.1 Å². The summed E-state index contributed by atoms with van der Waals surface area (Å²) >= 11 is 0. The number of amides is 1. The van der Waals surface area contributed by atoms with Crippen LogP contribution in [0.15, 0.2) is 36.4 Å². The number of fused-ring (bicyclic) bond motifs is 2. The third-order valence-electron chi connectivity index (χ3n) is 4.51. The summed E-state index contributed by atoms with van der Waals surface area (Å²) in [5.74, 6) is 0.132. The maximum Gasteiger partial charge on any atom is 0.338 e. The molecule has 0 spiro atoms. The highest BCUT2D eigenvalue weighted by molar-refractivity contribution is 5.98. The normalized spacial score (nSPS) is 13.7. The number of carbonyl (C=O) groups is 2. The summed E-state index contributed by atoms with van der Waals surface area (Å²) in [4.78, 5) is 24.8.